The van der Waals surface area contributed by atoms with Crippen LogP contribution < -0.4 is 5.32 Å². The lowest BCUT2D eigenvalue weighted by Gasteiger charge is -2.38. The third-order valence-corrected chi connectivity index (χ3v) is 8.59. The number of piperidine rings is 1. The van der Waals surface area contributed by atoms with E-state index in [9.17, 15) is 17.6 Å². The molecule has 0 spiro atoms. The summed E-state index contributed by atoms with van der Waals surface area (Å²) in [5.41, 5.74) is 0. The number of sulfonamides is 1. The van der Waals surface area contributed by atoms with Gasteiger partial charge in [0, 0.05) is 51.3 Å². The number of hydrogen-bond acceptors (Lipinski definition) is 6. The molecule has 0 aromatic heterocycles. The van der Waals surface area contributed by atoms with E-state index in [1.54, 1.807) is 0 Å². The van der Waals surface area contributed by atoms with Gasteiger partial charge in [-0.2, -0.15) is 4.31 Å². The second kappa shape index (κ2) is 10.6. The van der Waals surface area contributed by atoms with Crippen molar-refractivity contribution < 1.29 is 27.1 Å². The minimum absolute atomic E-state index is 0.0496. The van der Waals surface area contributed by atoms with Crippen LogP contribution in [0.15, 0.2) is 29.2 Å². The second-order valence-electron chi connectivity index (χ2n) is 8.74. The fraction of sp³-hybridized carbons (Fsp3) is 0.682. The Balaban J connectivity index is 1.37. The molecule has 0 aliphatic carbocycles. The zero-order valence-corrected chi connectivity index (χ0v) is 19.1. The number of rotatable bonds is 7. The van der Waals surface area contributed by atoms with E-state index in [0.29, 0.717) is 51.7 Å². The smallest absolute Gasteiger partial charge is 0.243 e. The molecule has 3 aliphatic rings. The molecule has 1 amide bonds. The van der Waals surface area contributed by atoms with Gasteiger partial charge in [-0.05, 0) is 43.5 Å². The topological polar surface area (TPSA) is 88.2 Å². The molecule has 1 aromatic rings. The molecule has 0 radical (unpaired) electrons. The Morgan fingerprint density at radius 3 is 2.53 bits per heavy atom. The van der Waals surface area contributed by atoms with Crippen LogP contribution in [-0.2, 0) is 24.3 Å². The predicted octanol–water partition coefficient (Wildman–Crippen LogP) is 1.08. The van der Waals surface area contributed by atoms with Crippen LogP contribution in [0, 0.1) is 17.7 Å². The Hall–Kier alpha value is -1.59. The highest BCUT2D eigenvalue weighted by atomic mass is 32.2. The number of halogens is 1. The average molecular weight is 470 g/mol. The van der Waals surface area contributed by atoms with E-state index in [4.69, 9.17) is 9.47 Å². The van der Waals surface area contributed by atoms with Crippen molar-refractivity contribution in [3.63, 3.8) is 0 Å². The summed E-state index contributed by atoms with van der Waals surface area (Å²) in [6.07, 6.45) is 2.24. The maximum Gasteiger partial charge on any atom is 0.243 e. The molecule has 3 aliphatic heterocycles. The van der Waals surface area contributed by atoms with Crippen molar-refractivity contribution in [3.05, 3.63) is 30.1 Å². The van der Waals surface area contributed by atoms with Gasteiger partial charge in [0.15, 0.2) is 0 Å². The number of benzene rings is 1. The molecule has 4 rings (SSSR count). The monoisotopic (exact) mass is 469 g/mol. The van der Waals surface area contributed by atoms with Crippen LogP contribution in [0.3, 0.4) is 0 Å². The number of ether oxygens (including phenoxy) is 2. The normalized spacial score (nSPS) is 26.7. The van der Waals surface area contributed by atoms with Crippen LogP contribution in [0.1, 0.15) is 19.3 Å². The van der Waals surface area contributed by atoms with Crippen molar-refractivity contribution in [2.45, 2.75) is 30.2 Å². The molecule has 10 heteroatoms. The van der Waals surface area contributed by atoms with Crippen molar-refractivity contribution in [2.75, 3.05) is 59.2 Å². The van der Waals surface area contributed by atoms with Crippen LogP contribution in [0.2, 0.25) is 0 Å². The van der Waals surface area contributed by atoms with Crippen molar-refractivity contribution in [2.24, 2.45) is 11.8 Å². The molecule has 178 valence electrons. The number of carbonyl (C=O) groups is 1. The minimum atomic E-state index is -3.76. The van der Waals surface area contributed by atoms with Gasteiger partial charge in [0.25, 0.3) is 0 Å². The summed E-state index contributed by atoms with van der Waals surface area (Å²) < 4.78 is 51.5. The lowest BCUT2D eigenvalue weighted by molar-refractivity contribution is -0.126. The largest absolute Gasteiger partial charge is 0.381 e. The lowest BCUT2D eigenvalue weighted by Crippen LogP contribution is -2.53. The quantitative estimate of drug-likeness (QED) is 0.643. The zero-order valence-electron chi connectivity index (χ0n) is 18.2. The molecule has 32 heavy (non-hydrogen) atoms. The summed E-state index contributed by atoms with van der Waals surface area (Å²) in [6.45, 7) is 5.53. The van der Waals surface area contributed by atoms with Gasteiger partial charge in [0.05, 0.1) is 30.6 Å². The first-order valence-electron chi connectivity index (χ1n) is 11.4. The van der Waals surface area contributed by atoms with Gasteiger partial charge in [0.1, 0.15) is 5.82 Å². The molecule has 0 saturated carbocycles. The molecule has 1 N–H and O–H groups in total. The molecule has 1 aromatic carbocycles. The molecule has 3 heterocycles. The second-order valence-corrected chi connectivity index (χ2v) is 10.7. The van der Waals surface area contributed by atoms with E-state index in [-0.39, 0.29) is 23.4 Å². The van der Waals surface area contributed by atoms with Gasteiger partial charge >= 0.3 is 0 Å². The molecule has 0 bridgehead atoms. The Morgan fingerprint density at radius 1 is 1.09 bits per heavy atom. The highest BCUT2D eigenvalue weighted by molar-refractivity contribution is 7.89. The highest BCUT2D eigenvalue weighted by Gasteiger charge is 2.35. The van der Waals surface area contributed by atoms with Crippen LogP contribution in [0.4, 0.5) is 4.39 Å². The Labute approximate surface area is 189 Å². The lowest BCUT2D eigenvalue weighted by atomic mass is 9.95. The molecule has 3 unspecified atom stereocenters. The summed E-state index contributed by atoms with van der Waals surface area (Å²) in [7, 11) is -3.76. The highest BCUT2D eigenvalue weighted by Crippen LogP contribution is 2.25. The van der Waals surface area contributed by atoms with Crippen molar-refractivity contribution in [1.82, 2.24) is 14.5 Å². The van der Waals surface area contributed by atoms with E-state index >= 15 is 0 Å². The minimum Gasteiger partial charge on any atom is -0.381 e. The first kappa shape index (κ1) is 23.6. The summed E-state index contributed by atoms with van der Waals surface area (Å²) in [4.78, 5) is 15.4. The number of hydrogen-bond donors (Lipinski definition) is 1. The van der Waals surface area contributed by atoms with Gasteiger partial charge in [-0.3, -0.25) is 9.69 Å². The van der Waals surface area contributed by atoms with Crippen LogP contribution >= 0.6 is 0 Å². The van der Waals surface area contributed by atoms with E-state index in [2.05, 4.69) is 10.2 Å². The van der Waals surface area contributed by atoms with Gasteiger partial charge in [0.2, 0.25) is 15.9 Å². The molecule has 3 saturated heterocycles. The van der Waals surface area contributed by atoms with E-state index < -0.39 is 21.8 Å². The maximum atomic E-state index is 13.2. The SMILES string of the molecule is O=C(NCC(C1CCOC1)N1CCOCC1)C1CCCN(S(=O)(=O)c2ccc(F)cc2)C1. The maximum absolute atomic E-state index is 13.2. The summed E-state index contributed by atoms with van der Waals surface area (Å²) in [5, 5.41) is 3.10. The van der Waals surface area contributed by atoms with E-state index in [1.165, 1.54) is 16.4 Å². The predicted molar refractivity (Wildman–Crippen MR) is 116 cm³/mol. The van der Waals surface area contributed by atoms with Crippen LogP contribution in [-0.4, -0.2) is 88.7 Å². The average Bonchev–Trinajstić information content (AvgIpc) is 3.35. The number of nitrogens with zero attached hydrogens (tertiary/aromatic N) is 2. The Morgan fingerprint density at radius 2 is 1.84 bits per heavy atom. The molecule has 8 nitrogen and oxygen atoms in total. The van der Waals surface area contributed by atoms with E-state index in [1.807, 2.05) is 0 Å². The Bertz CT molecular complexity index is 870. The third-order valence-electron chi connectivity index (χ3n) is 6.72. The summed E-state index contributed by atoms with van der Waals surface area (Å²) in [6, 6.07) is 5.00. The fourth-order valence-corrected chi connectivity index (χ4v) is 6.36. The zero-order chi connectivity index (χ0) is 22.6. The standard InChI is InChI=1S/C22H32FN3O5S/c23-19-3-5-20(6-4-19)32(28,29)26-8-1-2-17(15-26)22(27)24-14-21(18-7-11-31-16-18)25-9-12-30-13-10-25/h3-6,17-18,21H,1-2,7-16H2,(H,24,27). The van der Waals surface area contributed by atoms with E-state index in [0.717, 1.165) is 38.2 Å². The first-order chi connectivity index (χ1) is 15.4. The van der Waals surface area contributed by atoms with Gasteiger partial charge in [-0.1, -0.05) is 0 Å². The number of carbonyl (C=O) groups excluding carboxylic acids is 1. The van der Waals surface area contributed by atoms with Crippen molar-refractivity contribution >= 4 is 15.9 Å². The summed E-state index contributed by atoms with van der Waals surface area (Å²) >= 11 is 0. The third kappa shape index (κ3) is 5.48. The Kier molecular flexibility index (Phi) is 7.78. The van der Waals surface area contributed by atoms with Crippen LogP contribution in [0.25, 0.3) is 0 Å². The molecular formula is C22H32FN3O5S. The van der Waals surface area contributed by atoms with Gasteiger partial charge < -0.3 is 14.8 Å². The summed E-state index contributed by atoms with van der Waals surface area (Å²) in [5.74, 6) is -0.622. The van der Waals surface area contributed by atoms with Gasteiger partial charge in [-0.25, -0.2) is 12.8 Å². The number of nitrogens with one attached hydrogen (secondary N) is 1. The number of amides is 1. The van der Waals surface area contributed by atoms with Crippen LogP contribution in [0.5, 0.6) is 0 Å². The van der Waals surface area contributed by atoms with Gasteiger partial charge in [-0.15, -0.1) is 0 Å². The van der Waals surface area contributed by atoms with Crippen molar-refractivity contribution in [3.8, 4) is 0 Å². The molecular weight excluding hydrogens is 437 g/mol. The molecule has 3 fully saturated rings. The first-order valence-corrected chi connectivity index (χ1v) is 12.8. The van der Waals surface area contributed by atoms with Crippen molar-refractivity contribution in [1.29, 1.82) is 0 Å². The fourth-order valence-electron chi connectivity index (χ4n) is 4.84. The molecule has 3 atom stereocenters. The number of morpholine rings is 1.